The number of nitrogens with one attached hydrogen (secondary N) is 1. The molecule has 0 aliphatic carbocycles. The fourth-order valence-electron chi connectivity index (χ4n) is 2.40. The van der Waals surface area contributed by atoms with E-state index in [4.69, 9.17) is 4.43 Å². The van der Waals surface area contributed by atoms with Crippen LogP contribution in [0.3, 0.4) is 0 Å². The van der Waals surface area contributed by atoms with Gasteiger partial charge >= 0.3 is 0 Å². The Labute approximate surface area is 124 Å². The lowest BCUT2D eigenvalue weighted by atomic mass is 10.1. The molecule has 0 radical (unpaired) electrons. The first-order valence-corrected chi connectivity index (χ1v) is 11.5. The monoisotopic (exact) mass is 302 g/mol. The molecule has 2 aliphatic heterocycles. The SMILES string of the molecule is CC(C)(C)[Si](C)(C)OC[C@@H]1CN2CCSCC2CN1. The lowest BCUT2D eigenvalue weighted by molar-refractivity contribution is 0.116. The normalized spacial score (nSPS) is 30.2. The van der Waals surface area contributed by atoms with Crippen LogP contribution in [0.2, 0.25) is 18.1 Å². The van der Waals surface area contributed by atoms with Crippen LogP contribution in [0.4, 0.5) is 0 Å². The van der Waals surface area contributed by atoms with Gasteiger partial charge in [-0.05, 0) is 18.1 Å². The maximum Gasteiger partial charge on any atom is 0.192 e. The van der Waals surface area contributed by atoms with E-state index in [1.807, 2.05) is 0 Å². The van der Waals surface area contributed by atoms with Gasteiger partial charge in [-0.2, -0.15) is 11.8 Å². The van der Waals surface area contributed by atoms with Gasteiger partial charge in [-0.3, -0.25) is 4.90 Å². The molecule has 0 amide bonds. The van der Waals surface area contributed by atoms with Gasteiger partial charge in [0.2, 0.25) is 0 Å². The first kappa shape index (κ1) is 15.8. The van der Waals surface area contributed by atoms with Gasteiger partial charge in [0.1, 0.15) is 0 Å². The summed E-state index contributed by atoms with van der Waals surface area (Å²) in [6.45, 7) is 16.1. The van der Waals surface area contributed by atoms with E-state index in [9.17, 15) is 0 Å². The fourth-order valence-corrected chi connectivity index (χ4v) is 4.59. The van der Waals surface area contributed by atoms with Crippen molar-refractivity contribution in [1.82, 2.24) is 10.2 Å². The summed E-state index contributed by atoms with van der Waals surface area (Å²) in [6, 6.07) is 1.27. The van der Waals surface area contributed by atoms with Crippen molar-refractivity contribution in [3.05, 3.63) is 0 Å². The summed E-state index contributed by atoms with van der Waals surface area (Å²) in [5.74, 6) is 2.59. The summed E-state index contributed by atoms with van der Waals surface area (Å²) in [4.78, 5) is 2.66. The Balaban J connectivity index is 1.81. The Hall–Kier alpha value is 0.447. The van der Waals surface area contributed by atoms with E-state index in [1.54, 1.807) is 0 Å². The van der Waals surface area contributed by atoms with Gasteiger partial charge in [0, 0.05) is 43.2 Å². The van der Waals surface area contributed by atoms with Gasteiger partial charge in [0.05, 0.1) is 6.61 Å². The second-order valence-corrected chi connectivity index (χ2v) is 13.4. The summed E-state index contributed by atoms with van der Waals surface area (Å²) < 4.78 is 6.36. The predicted molar refractivity (Wildman–Crippen MR) is 87.6 cm³/mol. The maximum absolute atomic E-state index is 6.36. The molecule has 2 atom stereocenters. The molecule has 0 aromatic heterocycles. The Morgan fingerprint density at radius 3 is 2.79 bits per heavy atom. The van der Waals surface area contributed by atoms with E-state index in [0.717, 1.165) is 19.2 Å². The summed E-state index contributed by atoms with van der Waals surface area (Å²) >= 11 is 2.10. The number of fused-ring (bicyclic) bond motifs is 1. The third kappa shape index (κ3) is 3.97. The number of thioether (sulfide) groups is 1. The molecular weight excluding hydrogens is 272 g/mol. The van der Waals surface area contributed by atoms with E-state index >= 15 is 0 Å². The number of hydrogen-bond donors (Lipinski definition) is 1. The zero-order valence-corrected chi connectivity index (χ0v) is 15.0. The lowest BCUT2D eigenvalue weighted by Gasteiger charge is -2.44. The van der Waals surface area contributed by atoms with Gasteiger partial charge in [-0.15, -0.1) is 0 Å². The number of piperazine rings is 1. The zero-order valence-electron chi connectivity index (χ0n) is 13.2. The summed E-state index contributed by atoms with van der Waals surface area (Å²) in [6.07, 6.45) is 0. The van der Waals surface area contributed by atoms with E-state index in [-0.39, 0.29) is 0 Å². The van der Waals surface area contributed by atoms with Crippen LogP contribution in [0, 0.1) is 0 Å². The number of rotatable bonds is 3. The van der Waals surface area contributed by atoms with Crippen LogP contribution in [-0.2, 0) is 4.43 Å². The second-order valence-electron chi connectivity index (χ2n) is 7.40. The van der Waals surface area contributed by atoms with E-state index in [0.29, 0.717) is 11.1 Å². The highest BCUT2D eigenvalue weighted by Gasteiger charge is 2.38. The number of hydrogen-bond acceptors (Lipinski definition) is 4. The maximum atomic E-state index is 6.36. The van der Waals surface area contributed by atoms with Crippen molar-refractivity contribution in [2.24, 2.45) is 0 Å². The van der Waals surface area contributed by atoms with E-state index < -0.39 is 8.32 Å². The van der Waals surface area contributed by atoms with Crippen molar-refractivity contribution in [1.29, 1.82) is 0 Å². The molecule has 0 aromatic carbocycles. The average Bonchev–Trinajstić information content (AvgIpc) is 2.35. The minimum absolute atomic E-state index is 0.311. The van der Waals surface area contributed by atoms with E-state index in [1.165, 1.54) is 24.6 Å². The molecule has 2 aliphatic rings. The van der Waals surface area contributed by atoms with Crippen LogP contribution in [0.15, 0.2) is 0 Å². The van der Waals surface area contributed by atoms with Gasteiger partial charge in [-0.25, -0.2) is 0 Å². The molecular formula is C14H30N2OSSi. The predicted octanol–water partition coefficient (Wildman–Crippen LogP) is 2.40. The molecule has 0 aromatic rings. The van der Waals surface area contributed by atoms with Crippen molar-refractivity contribution in [3.8, 4) is 0 Å². The third-order valence-electron chi connectivity index (χ3n) is 4.90. The van der Waals surface area contributed by atoms with E-state index in [2.05, 4.69) is 55.8 Å². The highest BCUT2D eigenvalue weighted by molar-refractivity contribution is 7.99. The molecule has 2 fully saturated rings. The standard InChI is InChI=1S/C14H30N2OSSi/c1-14(2,3)19(4,5)17-10-12-9-16-6-7-18-11-13(16)8-15-12/h12-13,15H,6-11H2,1-5H3/t12-,13?/m0/s1. The smallest absolute Gasteiger partial charge is 0.192 e. The molecule has 112 valence electrons. The molecule has 2 rings (SSSR count). The first-order valence-electron chi connectivity index (χ1n) is 7.49. The molecule has 5 heteroatoms. The molecule has 2 heterocycles. The Kier molecular flexibility index (Phi) is 5.05. The van der Waals surface area contributed by atoms with Crippen molar-refractivity contribution >= 4 is 20.1 Å². The molecule has 1 unspecified atom stereocenters. The van der Waals surface area contributed by atoms with Crippen molar-refractivity contribution in [2.75, 3.05) is 37.7 Å². The van der Waals surface area contributed by atoms with Crippen LogP contribution in [0.1, 0.15) is 20.8 Å². The van der Waals surface area contributed by atoms with Gasteiger partial charge in [-0.1, -0.05) is 20.8 Å². The van der Waals surface area contributed by atoms with Crippen LogP contribution in [-0.4, -0.2) is 63.0 Å². The van der Waals surface area contributed by atoms with Gasteiger partial charge < -0.3 is 9.74 Å². The summed E-state index contributed by atoms with van der Waals surface area (Å²) in [7, 11) is -1.60. The summed E-state index contributed by atoms with van der Waals surface area (Å²) in [5, 5.41) is 4.00. The molecule has 0 saturated carbocycles. The van der Waals surface area contributed by atoms with Crippen molar-refractivity contribution in [3.63, 3.8) is 0 Å². The molecule has 19 heavy (non-hydrogen) atoms. The lowest BCUT2D eigenvalue weighted by Crippen LogP contribution is -2.61. The summed E-state index contributed by atoms with van der Waals surface area (Å²) in [5.41, 5.74) is 0. The molecule has 0 bridgehead atoms. The number of nitrogens with zero attached hydrogens (tertiary/aromatic N) is 1. The van der Waals surface area contributed by atoms with Crippen LogP contribution < -0.4 is 5.32 Å². The Morgan fingerprint density at radius 1 is 1.37 bits per heavy atom. The second kappa shape index (κ2) is 6.06. The first-order chi connectivity index (χ1) is 8.79. The molecule has 3 nitrogen and oxygen atoms in total. The zero-order chi connectivity index (χ0) is 14.1. The third-order valence-corrected chi connectivity index (χ3v) is 10.5. The quantitative estimate of drug-likeness (QED) is 0.809. The highest BCUT2D eigenvalue weighted by Crippen LogP contribution is 2.36. The van der Waals surface area contributed by atoms with Crippen molar-refractivity contribution < 1.29 is 4.43 Å². The minimum Gasteiger partial charge on any atom is -0.415 e. The average molecular weight is 303 g/mol. The molecule has 2 saturated heterocycles. The largest absolute Gasteiger partial charge is 0.415 e. The van der Waals surface area contributed by atoms with Gasteiger partial charge in [0.15, 0.2) is 8.32 Å². The van der Waals surface area contributed by atoms with Gasteiger partial charge in [0.25, 0.3) is 0 Å². The highest BCUT2D eigenvalue weighted by atomic mass is 32.2. The van der Waals surface area contributed by atoms with Crippen LogP contribution >= 0.6 is 11.8 Å². The Bertz CT molecular complexity index is 306. The topological polar surface area (TPSA) is 24.5 Å². The van der Waals surface area contributed by atoms with Crippen molar-refractivity contribution in [2.45, 2.75) is 51.0 Å². The fraction of sp³-hybridized carbons (Fsp3) is 1.00. The van der Waals surface area contributed by atoms with Crippen LogP contribution in [0.25, 0.3) is 0 Å². The minimum atomic E-state index is -1.60. The molecule has 0 spiro atoms. The van der Waals surface area contributed by atoms with Crippen LogP contribution in [0.5, 0.6) is 0 Å². The molecule has 1 N–H and O–H groups in total. The Morgan fingerprint density at radius 2 is 2.11 bits per heavy atom.